The Kier molecular flexibility index (Phi) is 4.79. The number of anilines is 1. The van der Waals surface area contributed by atoms with Gasteiger partial charge in [-0.2, -0.15) is 0 Å². The Morgan fingerprint density at radius 2 is 1.82 bits per heavy atom. The zero-order valence-electron chi connectivity index (χ0n) is 9.22. The molecule has 0 spiro atoms. The number of nitrogens with zero attached hydrogens (tertiary/aromatic N) is 1. The molecule has 4 nitrogen and oxygen atoms in total. The number of hydrogen-bond donors (Lipinski definition) is 0. The first-order valence-electron chi connectivity index (χ1n) is 4.68. The fourth-order valence-electron chi connectivity index (χ4n) is 1.38. The monoisotopic (exact) mass is 387 g/mol. The largest absolute Gasteiger partial charge is 0.279 e. The molecule has 1 atom stereocenters. The fourth-order valence-corrected chi connectivity index (χ4v) is 3.07. The maximum Gasteiger partial charge on any atom is 0.245 e. The van der Waals surface area contributed by atoms with Crippen molar-refractivity contribution in [3.8, 4) is 0 Å². The van der Waals surface area contributed by atoms with Crippen LogP contribution in [-0.4, -0.2) is 26.0 Å². The van der Waals surface area contributed by atoms with Gasteiger partial charge in [0.1, 0.15) is 6.04 Å². The highest BCUT2D eigenvalue weighted by atomic mass is 127. The van der Waals surface area contributed by atoms with Crippen molar-refractivity contribution >= 4 is 55.1 Å². The number of sulfonamides is 1. The van der Waals surface area contributed by atoms with Crippen molar-refractivity contribution in [1.82, 2.24) is 0 Å². The second-order valence-corrected chi connectivity index (χ2v) is 6.99. The summed E-state index contributed by atoms with van der Waals surface area (Å²) < 4.78 is 25.3. The predicted molar refractivity (Wildman–Crippen MR) is 76.8 cm³/mol. The normalized spacial score (nSPS) is 13.2. The van der Waals surface area contributed by atoms with E-state index in [-0.39, 0.29) is 0 Å². The molecule has 0 saturated heterocycles. The van der Waals surface area contributed by atoms with E-state index in [1.165, 1.54) is 6.92 Å². The molecule has 1 rings (SSSR count). The standard InChI is InChI=1S/C10H11ClINO3S/c1-7(10(11)14)13(17(2,15)16)9-5-3-8(12)4-6-9/h3-7H,1-2H3. The third kappa shape index (κ3) is 3.82. The maximum atomic E-state index is 11.7. The summed E-state index contributed by atoms with van der Waals surface area (Å²) in [5.41, 5.74) is 0.425. The van der Waals surface area contributed by atoms with Crippen LogP contribution in [0.4, 0.5) is 5.69 Å². The van der Waals surface area contributed by atoms with Gasteiger partial charge in [0.2, 0.25) is 15.3 Å². The van der Waals surface area contributed by atoms with Crippen molar-refractivity contribution in [2.45, 2.75) is 13.0 Å². The zero-order valence-corrected chi connectivity index (χ0v) is 13.0. The van der Waals surface area contributed by atoms with E-state index in [4.69, 9.17) is 11.6 Å². The van der Waals surface area contributed by atoms with E-state index in [0.29, 0.717) is 5.69 Å². The molecule has 0 saturated carbocycles. The molecule has 7 heteroatoms. The van der Waals surface area contributed by atoms with Gasteiger partial charge in [-0.1, -0.05) is 0 Å². The first-order valence-corrected chi connectivity index (χ1v) is 7.98. The van der Waals surface area contributed by atoms with Crippen molar-refractivity contribution in [2.24, 2.45) is 0 Å². The van der Waals surface area contributed by atoms with Gasteiger partial charge in [-0.15, -0.1) is 0 Å². The zero-order chi connectivity index (χ0) is 13.2. The molecular weight excluding hydrogens is 377 g/mol. The second-order valence-electron chi connectivity index (χ2n) is 3.52. The first kappa shape index (κ1) is 14.7. The number of hydrogen-bond acceptors (Lipinski definition) is 3. The number of benzene rings is 1. The van der Waals surface area contributed by atoms with Gasteiger partial charge in [-0.05, 0) is 65.4 Å². The van der Waals surface area contributed by atoms with Crippen LogP contribution >= 0.6 is 34.2 Å². The van der Waals surface area contributed by atoms with E-state index in [2.05, 4.69) is 22.6 Å². The molecule has 0 radical (unpaired) electrons. The molecular formula is C10H11ClINO3S. The summed E-state index contributed by atoms with van der Waals surface area (Å²) in [6, 6.07) is 5.88. The van der Waals surface area contributed by atoms with Crippen LogP contribution in [0.3, 0.4) is 0 Å². The number of carbonyl (C=O) groups excluding carboxylic acids is 1. The Morgan fingerprint density at radius 1 is 1.35 bits per heavy atom. The van der Waals surface area contributed by atoms with E-state index in [1.54, 1.807) is 24.3 Å². The molecule has 0 bridgehead atoms. The van der Waals surface area contributed by atoms with Crippen molar-refractivity contribution in [3.63, 3.8) is 0 Å². The summed E-state index contributed by atoms with van der Waals surface area (Å²) in [5.74, 6) is 0. The van der Waals surface area contributed by atoms with Gasteiger partial charge in [-0.25, -0.2) is 8.42 Å². The summed E-state index contributed by atoms with van der Waals surface area (Å²) in [7, 11) is -3.55. The molecule has 0 N–H and O–H groups in total. The van der Waals surface area contributed by atoms with Crippen molar-refractivity contribution in [2.75, 3.05) is 10.6 Å². The molecule has 0 aliphatic carbocycles. The average Bonchev–Trinajstić information content (AvgIpc) is 2.19. The van der Waals surface area contributed by atoms with Gasteiger partial charge in [0.25, 0.3) is 0 Å². The van der Waals surface area contributed by atoms with Crippen LogP contribution in [-0.2, 0) is 14.8 Å². The Hall–Kier alpha value is -0.340. The summed E-state index contributed by atoms with van der Waals surface area (Å²) in [4.78, 5) is 11.1. The van der Waals surface area contributed by atoms with E-state index < -0.39 is 21.3 Å². The first-order chi connectivity index (χ1) is 7.73. The predicted octanol–water partition coefficient (Wildman–Crippen LogP) is 2.21. The Morgan fingerprint density at radius 3 is 2.18 bits per heavy atom. The van der Waals surface area contributed by atoms with Crippen LogP contribution in [0.2, 0.25) is 0 Å². The molecule has 0 amide bonds. The average molecular weight is 388 g/mol. The van der Waals surface area contributed by atoms with Gasteiger partial charge in [0.15, 0.2) is 0 Å². The minimum Gasteiger partial charge on any atom is -0.279 e. The van der Waals surface area contributed by atoms with E-state index in [1.807, 2.05) is 0 Å². The lowest BCUT2D eigenvalue weighted by Gasteiger charge is -2.26. The highest BCUT2D eigenvalue weighted by molar-refractivity contribution is 14.1. The third-order valence-corrected chi connectivity index (χ3v) is 4.40. The van der Waals surface area contributed by atoms with E-state index in [9.17, 15) is 13.2 Å². The Bertz CT molecular complexity index is 515. The molecule has 0 aromatic heterocycles. The second kappa shape index (κ2) is 5.53. The lowest BCUT2D eigenvalue weighted by atomic mass is 10.3. The summed E-state index contributed by atoms with van der Waals surface area (Å²) in [5, 5.41) is -0.714. The Labute approximate surface area is 119 Å². The fraction of sp³-hybridized carbons (Fsp3) is 0.300. The molecule has 0 aliphatic heterocycles. The van der Waals surface area contributed by atoms with Crippen LogP contribution in [0.1, 0.15) is 6.92 Å². The summed E-state index contributed by atoms with van der Waals surface area (Å²) in [6.07, 6.45) is 1.04. The van der Waals surface area contributed by atoms with Gasteiger partial charge >= 0.3 is 0 Å². The lowest BCUT2D eigenvalue weighted by Crippen LogP contribution is -2.41. The highest BCUT2D eigenvalue weighted by Crippen LogP contribution is 2.22. The van der Waals surface area contributed by atoms with Crippen LogP contribution < -0.4 is 4.31 Å². The molecule has 1 unspecified atom stereocenters. The highest BCUT2D eigenvalue weighted by Gasteiger charge is 2.27. The van der Waals surface area contributed by atoms with E-state index in [0.717, 1.165) is 14.1 Å². The summed E-state index contributed by atoms with van der Waals surface area (Å²) in [6.45, 7) is 1.45. The van der Waals surface area contributed by atoms with Crippen LogP contribution in [0.15, 0.2) is 24.3 Å². The third-order valence-electron chi connectivity index (χ3n) is 2.12. The minimum absolute atomic E-state index is 0.425. The molecule has 1 aromatic rings. The number of carbonyl (C=O) groups is 1. The minimum atomic E-state index is -3.55. The van der Waals surface area contributed by atoms with Gasteiger partial charge < -0.3 is 0 Å². The maximum absolute atomic E-state index is 11.7. The SMILES string of the molecule is CC(C(=O)Cl)N(c1ccc(I)cc1)S(C)(=O)=O. The van der Waals surface area contributed by atoms with Crippen molar-refractivity contribution in [3.05, 3.63) is 27.8 Å². The smallest absolute Gasteiger partial charge is 0.245 e. The molecule has 0 heterocycles. The topological polar surface area (TPSA) is 54.5 Å². The van der Waals surface area contributed by atoms with Gasteiger partial charge in [0, 0.05) is 3.57 Å². The van der Waals surface area contributed by atoms with E-state index >= 15 is 0 Å². The molecule has 0 fully saturated rings. The Balaban J connectivity index is 3.25. The quantitative estimate of drug-likeness (QED) is 0.588. The molecule has 0 aliphatic rings. The van der Waals surface area contributed by atoms with Crippen molar-refractivity contribution < 1.29 is 13.2 Å². The number of rotatable bonds is 4. The van der Waals surface area contributed by atoms with Crippen LogP contribution in [0.25, 0.3) is 0 Å². The lowest BCUT2D eigenvalue weighted by molar-refractivity contribution is -0.112. The van der Waals surface area contributed by atoms with Gasteiger partial charge in [-0.3, -0.25) is 9.10 Å². The van der Waals surface area contributed by atoms with Crippen molar-refractivity contribution in [1.29, 1.82) is 0 Å². The molecule has 17 heavy (non-hydrogen) atoms. The van der Waals surface area contributed by atoms with Crippen LogP contribution in [0, 0.1) is 3.57 Å². The van der Waals surface area contributed by atoms with Crippen LogP contribution in [0.5, 0.6) is 0 Å². The van der Waals surface area contributed by atoms with Gasteiger partial charge in [0.05, 0.1) is 11.9 Å². The summed E-state index contributed by atoms with van der Waals surface area (Å²) >= 11 is 7.47. The molecule has 1 aromatic carbocycles. The molecule has 94 valence electrons. The number of halogens is 2.